The van der Waals surface area contributed by atoms with E-state index in [-0.39, 0.29) is 11.9 Å². The number of piperazine rings is 1. The second-order valence-electron chi connectivity index (χ2n) is 5.69. The number of nitrogens with zero attached hydrogens (tertiary/aromatic N) is 4. The van der Waals surface area contributed by atoms with Crippen LogP contribution in [0.15, 0.2) is 16.7 Å². The lowest BCUT2D eigenvalue weighted by Crippen LogP contribution is -2.63. The van der Waals surface area contributed by atoms with E-state index in [1.54, 1.807) is 11.1 Å². The van der Waals surface area contributed by atoms with E-state index in [9.17, 15) is 4.79 Å². The summed E-state index contributed by atoms with van der Waals surface area (Å²) in [5.41, 5.74) is 0.888. The van der Waals surface area contributed by atoms with E-state index in [0.717, 1.165) is 35.6 Å². The molecule has 1 fully saturated rings. The van der Waals surface area contributed by atoms with Crippen LogP contribution in [0, 0.1) is 0 Å². The van der Waals surface area contributed by atoms with Gasteiger partial charge in [-0.25, -0.2) is 4.98 Å². The fraction of sp³-hybridized carbons (Fsp3) is 0.571. The van der Waals surface area contributed by atoms with Gasteiger partial charge in [0.1, 0.15) is 6.04 Å². The number of pyridine rings is 1. The molecule has 1 aromatic heterocycles. The monoisotopic (exact) mass is 338 g/mol. The van der Waals surface area contributed by atoms with Crippen LogP contribution in [-0.4, -0.2) is 54.6 Å². The average molecular weight is 339 g/mol. The Kier molecular flexibility index (Phi) is 3.46. The largest absolute Gasteiger partial charge is 0.340 e. The Balaban J connectivity index is 1.99. The number of likely N-dealkylation sites (N-methyl/N-ethyl adjacent to an activating group) is 1. The normalized spacial score (nSPS) is 23.1. The summed E-state index contributed by atoms with van der Waals surface area (Å²) in [5, 5.41) is 0. The fourth-order valence-electron chi connectivity index (χ4n) is 2.97. The van der Waals surface area contributed by atoms with Crippen LogP contribution >= 0.6 is 15.9 Å². The Bertz CT molecular complexity index is 548. The molecular weight excluding hydrogens is 320 g/mol. The van der Waals surface area contributed by atoms with Crippen LogP contribution in [0.1, 0.15) is 13.8 Å². The molecule has 3 rings (SSSR count). The van der Waals surface area contributed by atoms with Crippen molar-refractivity contribution in [1.82, 2.24) is 9.88 Å². The molecule has 1 amide bonds. The van der Waals surface area contributed by atoms with Crippen molar-refractivity contribution in [3.63, 3.8) is 0 Å². The summed E-state index contributed by atoms with van der Waals surface area (Å²) >= 11 is 3.43. The van der Waals surface area contributed by atoms with Crippen LogP contribution in [0.4, 0.5) is 11.5 Å². The van der Waals surface area contributed by atoms with Crippen LogP contribution < -0.4 is 9.80 Å². The third kappa shape index (κ3) is 2.11. The SMILES string of the molecule is CC(C)N1CCN2c3ncc(Br)cc3N(C)C(=O)C2C1. The van der Waals surface area contributed by atoms with Gasteiger partial charge in [0.25, 0.3) is 5.91 Å². The first-order valence-corrected chi connectivity index (χ1v) is 7.72. The highest BCUT2D eigenvalue weighted by atomic mass is 79.9. The van der Waals surface area contributed by atoms with Crippen LogP contribution in [-0.2, 0) is 4.79 Å². The number of aromatic nitrogens is 1. The molecule has 0 radical (unpaired) electrons. The van der Waals surface area contributed by atoms with E-state index in [1.165, 1.54) is 0 Å². The minimum atomic E-state index is -0.114. The van der Waals surface area contributed by atoms with E-state index in [0.29, 0.717) is 6.04 Å². The summed E-state index contributed by atoms with van der Waals surface area (Å²) in [6, 6.07) is 2.32. The number of carbonyl (C=O) groups is 1. The molecule has 2 aliphatic rings. The molecule has 0 saturated carbocycles. The number of carbonyl (C=O) groups excluding carboxylic acids is 1. The van der Waals surface area contributed by atoms with Crippen molar-refractivity contribution in [3.05, 3.63) is 16.7 Å². The molecule has 5 nitrogen and oxygen atoms in total. The molecule has 0 spiro atoms. The molecule has 2 aliphatic heterocycles. The van der Waals surface area contributed by atoms with Gasteiger partial charge in [0, 0.05) is 43.4 Å². The van der Waals surface area contributed by atoms with E-state index in [2.05, 4.69) is 44.6 Å². The molecule has 20 heavy (non-hydrogen) atoms. The molecule has 1 aromatic rings. The van der Waals surface area contributed by atoms with Gasteiger partial charge >= 0.3 is 0 Å². The summed E-state index contributed by atoms with van der Waals surface area (Å²) in [6.45, 7) is 6.95. The van der Waals surface area contributed by atoms with Crippen LogP contribution in [0.3, 0.4) is 0 Å². The van der Waals surface area contributed by atoms with Crippen molar-refractivity contribution in [1.29, 1.82) is 0 Å². The lowest BCUT2D eigenvalue weighted by Gasteiger charge is -2.47. The van der Waals surface area contributed by atoms with Gasteiger partial charge in [0.2, 0.25) is 0 Å². The van der Waals surface area contributed by atoms with E-state index < -0.39 is 0 Å². The van der Waals surface area contributed by atoms with Gasteiger partial charge in [-0.05, 0) is 35.8 Å². The zero-order valence-electron chi connectivity index (χ0n) is 12.0. The van der Waals surface area contributed by atoms with Gasteiger partial charge in [0.15, 0.2) is 5.82 Å². The first-order valence-electron chi connectivity index (χ1n) is 6.93. The summed E-state index contributed by atoms with van der Waals surface area (Å²) in [6.07, 6.45) is 1.80. The molecule has 0 bridgehead atoms. The highest BCUT2D eigenvalue weighted by molar-refractivity contribution is 9.10. The Labute approximate surface area is 127 Å². The molecule has 3 heterocycles. The summed E-state index contributed by atoms with van der Waals surface area (Å²) in [5.74, 6) is 1.08. The second kappa shape index (κ2) is 5.00. The van der Waals surface area contributed by atoms with Gasteiger partial charge in [-0.15, -0.1) is 0 Å². The van der Waals surface area contributed by atoms with Crippen molar-refractivity contribution < 1.29 is 4.79 Å². The molecule has 0 aromatic carbocycles. The minimum absolute atomic E-state index is 0.114. The smallest absolute Gasteiger partial charge is 0.250 e. The molecule has 1 unspecified atom stereocenters. The average Bonchev–Trinajstić information content (AvgIpc) is 2.44. The molecule has 6 heteroatoms. The van der Waals surface area contributed by atoms with Gasteiger partial charge in [0.05, 0.1) is 5.69 Å². The first-order chi connectivity index (χ1) is 9.49. The van der Waals surface area contributed by atoms with Crippen LogP contribution in [0.2, 0.25) is 0 Å². The number of rotatable bonds is 1. The quantitative estimate of drug-likeness (QED) is 0.781. The third-order valence-electron chi connectivity index (χ3n) is 4.20. The van der Waals surface area contributed by atoms with Crippen molar-refractivity contribution >= 4 is 33.3 Å². The lowest BCUT2D eigenvalue weighted by atomic mass is 10.1. The van der Waals surface area contributed by atoms with Crippen LogP contribution in [0.5, 0.6) is 0 Å². The summed E-state index contributed by atoms with van der Waals surface area (Å²) < 4.78 is 0.898. The number of amides is 1. The van der Waals surface area contributed by atoms with Crippen molar-refractivity contribution in [3.8, 4) is 0 Å². The molecule has 0 N–H and O–H groups in total. The number of hydrogen-bond acceptors (Lipinski definition) is 4. The van der Waals surface area contributed by atoms with E-state index in [1.807, 2.05) is 13.1 Å². The zero-order chi connectivity index (χ0) is 14.4. The predicted molar refractivity (Wildman–Crippen MR) is 83.2 cm³/mol. The number of halogens is 1. The van der Waals surface area contributed by atoms with E-state index >= 15 is 0 Å². The van der Waals surface area contributed by atoms with Crippen LogP contribution in [0.25, 0.3) is 0 Å². The maximum atomic E-state index is 12.6. The zero-order valence-corrected chi connectivity index (χ0v) is 13.6. The Morgan fingerprint density at radius 3 is 2.85 bits per heavy atom. The van der Waals surface area contributed by atoms with Gasteiger partial charge in [-0.3, -0.25) is 9.69 Å². The topological polar surface area (TPSA) is 39.7 Å². The molecule has 108 valence electrons. The Morgan fingerprint density at radius 2 is 2.15 bits per heavy atom. The molecule has 0 aliphatic carbocycles. The summed E-state index contributed by atoms with van der Waals surface area (Å²) in [7, 11) is 1.83. The second-order valence-corrected chi connectivity index (χ2v) is 6.61. The third-order valence-corrected chi connectivity index (χ3v) is 4.64. The van der Waals surface area contributed by atoms with Gasteiger partial charge in [-0.1, -0.05) is 0 Å². The van der Waals surface area contributed by atoms with Crippen molar-refractivity contribution in [2.45, 2.75) is 25.9 Å². The number of hydrogen-bond donors (Lipinski definition) is 0. The highest BCUT2D eigenvalue weighted by Gasteiger charge is 2.41. The summed E-state index contributed by atoms with van der Waals surface area (Å²) in [4.78, 5) is 23.4. The molecular formula is C14H19BrN4O. The lowest BCUT2D eigenvalue weighted by molar-refractivity contribution is -0.121. The predicted octanol–water partition coefficient (Wildman–Crippen LogP) is 1.72. The number of fused-ring (bicyclic) bond motifs is 3. The van der Waals surface area contributed by atoms with E-state index in [4.69, 9.17) is 0 Å². The molecule has 1 atom stereocenters. The number of anilines is 2. The van der Waals surface area contributed by atoms with Crippen molar-refractivity contribution in [2.24, 2.45) is 0 Å². The van der Waals surface area contributed by atoms with Crippen molar-refractivity contribution in [2.75, 3.05) is 36.5 Å². The standard InChI is InChI=1S/C14H19BrN4O/c1-9(2)18-4-5-19-12(8-18)14(20)17(3)11-6-10(15)7-16-13(11)19/h6-7,9,12H,4-5,8H2,1-3H3. The first kappa shape index (κ1) is 13.8. The minimum Gasteiger partial charge on any atom is -0.340 e. The molecule has 1 saturated heterocycles. The maximum absolute atomic E-state index is 12.6. The maximum Gasteiger partial charge on any atom is 0.250 e. The van der Waals surface area contributed by atoms with Gasteiger partial charge in [-0.2, -0.15) is 0 Å². The van der Waals surface area contributed by atoms with Gasteiger partial charge < -0.3 is 9.80 Å². The fourth-order valence-corrected chi connectivity index (χ4v) is 3.29. The Morgan fingerprint density at radius 1 is 1.40 bits per heavy atom. The Hall–Kier alpha value is -1.14. The highest BCUT2D eigenvalue weighted by Crippen LogP contribution is 2.36.